The molecule has 1 rings (SSSR count). The highest BCUT2D eigenvalue weighted by atomic mass is 16.2. The number of carbonyl (C=O) groups is 1. The van der Waals surface area contributed by atoms with Gasteiger partial charge in [0.15, 0.2) is 0 Å². The molecule has 1 heterocycles. The Morgan fingerprint density at radius 3 is 2.65 bits per heavy atom. The van der Waals surface area contributed by atoms with Crippen LogP contribution in [0.1, 0.15) is 30.6 Å². The summed E-state index contributed by atoms with van der Waals surface area (Å²) in [5, 5.41) is 3.21. The van der Waals surface area contributed by atoms with Crippen LogP contribution >= 0.6 is 0 Å². The Hall–Kier alpha value is -1.62. The summed E-state index contributed by atoms with van der Waals surface area (Å²) >= 11 is 0. The Balaban J connectivity index is 2.75. The minimum absolute atomic E-state index is 0.0512. The van der Waals surface area contributed by atoms with E-state index in [4.69, 9.17) is 0 Å². The molecule has 0 radical (unpaired) electrons. The smallest absolute Gasteiger partial charge is 0.257 e. The van der Waals surface area contributed by atoms with Gasteiger partial charge in [-0.15, -0.1) is 0 Å². The highest BCUT2D eigenvalue weighted by Crippen LogP contribution is 2.16. The van der Waals surface area contributed by atoms with Crippen LogP contribution in [0, 0.1) is 0 Å². The number of rotatable bonds is 8. The minimum atomic E-state index is 0.0512. The molecule has 0 fully saturated rings. The number of hydrogen-bond donors (Lipinski definition) is 1. The zero-order valence-corrected chi connectivity index (χ0v) is 13.0. The number of amides is 1. The number of aromatic nitrogens is 1. The third-order valence-electron chi connectivity index (χ3n) is 3.12. The quantitative estimate of drug-likeness (QED) is 0.789. The van der Waals surface area contributed by atoms with Crippen LogP contribution in [0.15, 0.2) is 18.5 Å². The van der Waals surface area contributed by atoms with Gasteiger partial charge in [-0.3, -0.25) is 9.78 Å². The van der Waals surface area contributed by atoms with Gasteiger partial charge < -0.3 is 15.1 Å². The molecule has 0 bridgehead atoms. The molecule has 0 aliphatic carbocycles. The van der Waals surface area contributed by atoms with Crippen LogP contribution in [-0.4, -0.2) is 61.0 Å². The Morgan fingerprint density at radius 1 is 1.30 bits per heavy atom. The molecule has 20 heavy (non-hydrogen) atoms. The Labute approximate surface area is 122 Å². The maximum absolute atomic E-state index is 12.6. The first-order valence-electron chi connectivity index (χ1n) is 7.22. The van der Waals surface area contributed by atoms with Crippen molar-refractivity contribution in [1.29, 1.82) is 0 Å². The second-order valence-corrected chi connectivity index (χ2v) is 4.99. The van der Waals surface area contributed by atoms with Crippen LogP contribution in [-0.2, 0) is 0 Å². The summed E-state index contributed by atoms with van der Waals surface area (Å²) in [4.78, 5) is 20.7. The van der Waals surface area contributed by atoms with Gasteiger partial charge >= 0.3 is 0 Å². The number of pyridine rings is 1. The Bertz CT molecular complexity index is 420. The second kappa shape index (κ2) is 8.53. The van der Waals surface area contributed by atoms with E-state index in [0.717, 1.165) is 31.7 Å². The minimum Gasteiger partial charge on any atom is -0.385 e. The molecular formula is C15H26N4O. The lowest BCUT2D eigenvalue weighted by Gasteiger charge is -2.23. The van der Waals surface area contributed by atoms with Crippen molar-refractivity contribution >= 4 is 11.6 Å². The van der Waals surface area contributed by atoms with Crippen molar-refractivity contribution in [3.05, 3.63) is 24.0 Å². The normalized spacial score (nSPS) is 10.7. The van der Waals surface area contributed by atoms with Crippen LogP contribution in [0.4, 0.5) is 5.69 Å². The molecule has 5 heteroatoms. The molecule has 1 aromatic rings. The monoisotopic (exact) mass is 278 g/mol. The topological polar surface area (TPSA) is 48.5 Å². The molecule has 5 nitrogen and oxygen atoms in total. The molecule has 0 unspecified atom stereocenters. The summed E-state index contributed by atoms with van der Waals surface area (Å²) in [5.74, 6) is 0.0512. The maximum Gasteiger partial charge on any atom is 0.257 e. The predicted molar refractivity (Wildman–Crippen MR) is 83.1 cm³/mol. The number of carbonyl (C=O) groups excluding carboxylic acids is 1. The van der Waals surface area contributed by atoms with E-state index in [-0.39, 0.29) is 5.91 Å². The summed E-state index contributed by atoms with van der Waals surface area (Å²) in [6, 6.07) is 1.85. The fourth-order valence-corrected chi connectivity index (χ4v) is 2.06. The van der Waals surface area contributed by atoms with Crippen molar-refractivity contribution in [2.75, 3.05) is 45.6 Å². The van der Waals surface area contributed by atoms with E-state index in [0.29, 0.717) is 12.1 Å². The highest BCUT2D eigenvalue weighted by molar-refractivity contribution is 5.99. The van der Waals surface area contributed by atoms with Gasteiger partial charge in [-0.1, -0.05) is 0 Å². The first-order chi connectivity index (χ1) is 9.60. The van der Waals surface area contributed by atoms with E-state index in [1.807, 2.05) is 38.9 Å². The van der Waals surface area contributed by atoms with E-state index in [9.17, 15) is 4.79 Å². The molecule has 0 saturated carbocycles. The fourth-order valence-electron chi connectivity index (χ4n) is 2.06. The van der Waals surface area contributed by atoms with Crippen molar-refractivity contribution in [3.63, 3.8) is 0 Å². The van der Waals surface area contributed by atoms with Gasteiger partial charge in [0.2, 0.25) is 0 Å². The first-order valence-corrected chi connectivity index (χ1v) is 7.22. The molecule has 1 amide bonds. The molecule has 0 saturated heterocycles. The van der Waals surface area contributed by atoms with Crippen molar-refractivity contribution in [2.24, 2.45) is 0 Å². The molecule has 1 N–H and O–H groups in total. The van der Waals surface area contributed by atoms with Crippen LogP contribution in [0.3, 0.4) is 0 Å². The second-order valence-electron chi connectivity index (χ2n) is 4.99. The number of nitrogens with one attached hydrogen (secondary N) is 1. The van der Waals surface area contributed by atoms with Gasteiger partial charge in [-0.05, 0) is 47.0 Å². The Morgan fingerprint density at radius 2 is 2.05 bits per heavy atom. The third-order valence-corrected chi connectivity index (χ3v) is 3.12. The number of hydrogen-bond acceptors (Lipinski definition) is 4. The molecule has 0 spiro atoms. The van der Waals surface area contributed by atoms with E-state index in [2.05, 4.69) is 15.2 Å². The molecule has 0 aromatic carbocycles. The van der Waals surface area contributed by atoms with Gasteiger partial charge in [0.1, 0.15) is 0 Å². The van der Waals surface area contributed by atoms with Gasteiger partial charge in [0.25, 0.3) is 5.91 Å². The predicted octanol–water partition coefficient (Wildman–Crippen LogP) is 1.93. The highest BCUT2D eigenvalue weighted by Gasteiger charge is 2.17. The molecular weight excluding hydrogens is 252 g/mol. The summed E-state index contributed by atoms with van der Waals surface area (Å²) in [7, 11) is 4.09. The lowest BCUT2D eigenvalue weighted by molar-refractivity contribution is 0.0760. The zero-order chi connectivity index (χ0) is 15.0. The first kappa shape index (κ1) is 16.4. The van der Waals surface area contributed by atoms with Crippen molar-refractivity contribution in [2.45, 2.75) is 20.3 Å². The summed E-state index contributed by atoms with van der Waals surface area (Å²) in [6.45, 7) is 7.29. The van der Waals surface area contributed by atoms with Crippen molar-refractivity contribution < 1.29 is 4.79 Å². The fraction of sp³-hybridized carbons (Fsp3) is 0.600. The summed E-state index contributed by atoms with van der Waals surface area (Å²) in [5.41, 5.74) is 1.51. The van der Waals surface area contributed by atoms with Gasteiger partial charge in [-0.2, -0.15) is 0 Å². The zero-order valence-electron chi connectivity index (χ0n) is 13.0. The standard InChI is InChI=1S/C15H26N4O/c1-5-17-14-8-9-16-12-13(14)15(20)19(6-2)11-7-10-18(3)4/h8-9,12H,5-7,10-11H2,1-4H3,(H,16,17). The van der Waals surface area contributed by atoms with Crippen molar-refractivity contribution in [1.82, 2.24) is 14.8 Å². The molecule has 0 aliphatic heterocycles. The largest absolute Gasteiger partial charge is 0.385 e. The van der Waals surface area contributed by atoms with Gasteiger partial charge in [0, 0.05) is 32.0 Å². The van der Waals surface area contributed by atoms with Crippen LogP contribution < -0.4 is 5.32 Å². The van der Waals surface area contributed by atoms with Crippen LogP contribution in [0.5, 0.6) is 0 Å². The number of anilines is 1. The molecule has 0 aliphatic rings. The van der Waals surface area contributed by atoms with Crippen LogP contribution in [0.25, 0.3) is 0 Å². The van der Waals surface area contributed by atoms with Crippen molar-refractivity contribution in [3.8, 4) is 0 Å². The van der Waals surface area contributed by atoms with E-state index in [1.54, 1.807) is 12.4 Å². The summed E-state index contributed by atoms with van der Waals surface area (Å²) in [6.07, 6.45) is 4.33. The lowest BCUT2D eigenvalue weighted by Crippen LogP contribution is -2.33. The molecule has 0 atom stereocenters. The van der Waals surface area contributed by atoms with E-state index < -0.39 is 0 Å². The van der Waals surface area contributed by atoms with Gasteiger partial charge in [0.05, 0.1) is 11.3 Å². The maximum atomic E-state index is 12.6. The average molecular weight is 278 g/mol. The van der Waals surface area contributed by atoms with Crippen LogP contribution in [0.2, 0.25) is 0 Å². The van der Waals surface area contributed by atoms with Gasteiger partial charge in [-0.25, -0.2) is 0 Å². The number of nitrogens with zero attached hydrogens (tertiary/aromatic N) is 3. The summed E-state index contributed by atoms with van der Waals surface area (Å²) < 4.78 is 0. The average Bonchev–Trinajstić information content (AvgIpc) is 2.43. The molecule has 1 aromatic heterocycles. The van der Waals surface area contributed by atoms with E-state index >= 15 is 0 Å². The third kappa shape index (κ3) is 4.81. The van der Waals surface area contributed by atoms with E-state index in [1.165, 1.54) is 0 Å². The SMILES string of the molecule is CCNc1ccncc1C(=O)N(CC)CCCN(C)C. The Kier molecular flexibility index (Phi) is 7.01. The lowest BCUT2D eigenvalue weighted by atomic mass is 10.2. The molecule has 112 valence electrons.